The summed E-state index contributed by atoms with van der Waals surface area (Å²) in [5.74, 6) is 0.734. The molecule has 1 fully saturated rings. The highest BCUT2D eigenvalue weighted by Crippen LogP contribution is 2.17. The molecule has 1 aromatic carbocycles. The lowest BCUT2D eigenvalue weighted by Gasteiger charge is -2.31. The van der Waals surface area contributed by atoms with Crippen molar-refractivity contribution in [3.8, 4) is 5.75 Å². The molecule has 1 aliphatic rings. The van der Waals surface area contributed by atoms with Gasteiger partial charge in [0.25, 0.3) is 5.91 Å². The zero-order valence-electron chi connectivity index (χ0n) is 14.4. The van der Waals surface area contributed by atoms with Gasteiger partial charge < -0.3 is 15.0 Å². The first-order chi connectivity index (χ1) is 12.3. The maximum Gasteiger partial charge on any atom is 0.261 e. The molecular weight excluding hydrogens is 314 g/mol. The predicted molar refractivity (Wildman–Crippen MR) is 97.2 cm³/mol. The molecule has 0 bridgehead atoms. The van der Waals surface area contributed by atoms with Gasteiger partial charge in [0.15, 0.2) is 6.61 Å². The molecule has 1 aliphatic heterocycles. The molecule has 0 unspecified atom stereocenters. The van der Waals surface area contributed by atoms with Crippen LogP contribution in [0, 0.1) is 0 Å². The number of rotatable bonds is 6. The first-order valence-corrected chi connectivity index (χ1v) is 8.91. The molecule has 1 amide bonds. The number of pyridine rings is 1. The van der Waals surface area contributed by atoms with E-state index < -0.39 is 0 Å². The summed E-state index contributed by atoms with van der Waals surface area (Å²) >= 11 is 0. The normalized spacial score (nSPS) is 17.5. The Hall–Kier alpha value is -2.40. The van der Waals surface area contributed by atoms with Gasteiger partial charge in [-0.15, -0.1) is 0 Å². The minimum absolute atomic E-state index is 0.0152. The van der Waals surface area contributed by atoms with Gasteiger partial charge in [0.05, 0.1) is 12.2 Å². The van der Waals surface area contributed by atoms with E-state index in [1.54, 1.807) is 6.20 Å². The Bertz CT molecular complexity index is 641. The van der Waals surface area contributed by atoms with Crippen LogP contribution in [0.1, 0.15) is 25.0 Å². The second-order valence-electron chi connectivity index (χ2n) is 6.28. The number of nitrogens with zero attached hydrogens (tertiary/aromatic N) is 2. The molecule has 3 rings (SSSR count). The summed E-state index contributed by atoms with van der Waals surface area (Å²) in [6, 6.07) is 15.5. The van der Waals surface area contributed by atoms with Gasteiger partial charge in [-0.25, -0.2) is 0 Å². The Morgan fingerprint density at radius 2 is 1.96 bits per heavy atom. The molecule has 5 heteroatoms. The Labute approximate surface area is 149 Å². The quantitative estimate of drug-likeness (QED) is 0.879. The van der Waals surface area contributed by atoms with E-state index in [9.17, 15) is 4.79 Å². The Kier molecular flexibility index (Phi) is 6.40. The second kappa shape index (κ2) is 9.18. The lowest BCUT2D eigenvalue weighted by Crippen LogP contribution is -2.43. The van der Waals surface area contributed by atoms with Crippen molar-refractivity contribution < 1.29 is 9.53 Å². The fourth-order valence-corrected chi connectivity index (χ4v) is 3.14. The summed E-state index contributed by atoms with van der Waals surface area (Å²) in [5.41, 5.74) is 0.910. The third kappa shape index (κ3) is 5.29. The fourth-order valence-electron chi connectivity index (χ4n) is 3.14. The Morgan fingerprint density at radius 1 is 1.12 bits per heavy atom. The van der Waals surface area contributed by atoms with Crippen molar-refractivity contribution in [2.75, 3.05) is 19.7 Å². The molecule has 1 saturated heterocycles. The maximum absolute atomic E-state index is 12.9. The molecule has 0 spiro atoms. The first-order valence-electron chi connectivity index (χ1n) is 8.91. The molecule has 0 saturated carbocycles. The minimum atomic E-state index is 0.0152. The predicted octanol–water partition coefficient (Wildman–Crippen LogP) is 2.63. The van der Waals surface area contributed by atoms with E-state index in [1.807, 2.05) is 53.4 Å². The summed E-state index contributed by atoms with van der Waals surface area (Å²) in [5, 5.41) is 3.41. The number of nitrogens with one attached hydrogen (secondary N) is 1. The van der Waals surface area contributed by atoms with E-state index in [0.29, 0.717) is 6.54 Å². The van der Waals surface area contributed by atoms with Crippen molar-refractivity contribution in [2.45, 2.75) is 31.8 Å². The van der Waals surface area contributed by atoms with Crippen LogP contribution in [-0.2, 0) is 11.3 Å². The largest absolute Gasteiger partial charge is 0.484 e. The average Bonchev–Trinajstić information content (AvgIpc) is 2.95. The third-order valence-electron chi connectivity index (χ3n) is 4.47. The van der Waals surface area contributed by atoms with Gasteiger partial charge >= 0.3 is 0 Å². The number of ether oxygens (including phenoxy) is 1. The van der Waals surface area contributed by atoms with Gasteiger partial charge in [0, 0.05) is 12.2 Å². The molecule has 2 heterocycles. The minimum Gasteiger partial charge on any atom is -0.484 e. The summed E-state index contributed by atoms with van der Waals surface area (Å²) in [4.78, 5) is 19.2. The van der Waals surface area contributed by atoms with E-state index in [0.717, 1.165) is 43.8 Å². The SMILES string of the molecule is O=C(COc1ccccc1)N(Cc1ccccn1)[C@@H]1CCCNCC1. The van der Waals surface area contributed by atoms with Crippen LogP contribution in [0.4, 0.5) is 0 Å². The van der Waals surface area contributed by atoms with E-state index in [1.165, 1.54) is 0 Å². The van der Waals surface area contributed by atoms with Gasteiger partial charge in [-0.05, 0) is 56.6 Å². The van der Waals surface area contributed by atoms with Crippen molar-refractivity contribution in [3.63, 3.8) is 0 Å². The Balaban J connectivity index is 1.68. The molecule has 2 aromatic rings. The number of para-hydroxylation sites is 1. The summed E-state index contributed by atoms with van der Waals surface area (Å²) < 4.78 is 5.68. The highest BCUT2D eigenvalue weighted by Gasteiger charge is 2.25. The molecule has 1 aromatic heterocycles. The van der Waals surface area contributed by atoms with Crippen LogP contribution in [0.3, 0.4) is 0 Å². The molecular formula is C20H25N3O2. The van der Waals surface area contributed by atoms with Crippen molar-refractivity contribution in [3.05, 3.63) is 60.4 Å². The first kappa shape index (κ1) is 17.4. The van der Waals surface area contributed by atoms with Crippen molar-refractivity contribution >= 4 is 5.91 Å². The fraction of sp³-hybridized carbons (Fsp3) is 0.400. The number of hydrogen-bond donors (Lipinski definition) is 1. The van der Waals surface area contributed by atoms with Crippen molar-refractivity contribution in [2.24, 2.45) is 0 Å². The molecule has 1 N–H and O–H groups in total. The zero-order chi connectivity index (χ0) is 17.3. The second-order valence-corrected chi connectivity index (χ2v) is 6.28. The number of carbonyl (C=O) groups is 1. The molecule has 1 atom stereocenters. The maximum atomic E-state index is 12.9. The number of hydrogen-bond acceptors (Lipinski definition) is 4. The van der Waals surface area contributed by atoms with E-state index in [2.05, 4.69) is 10.3 Å². The molecule has 0 radical (unpaired) electrons. The summed E-state index contributed by atoms with van der Waals surface area (Å²) in [6.07, 6.45) is 4.82. The molecule has 0 aliphatic carbocycles. The van der Waals surface area contributed by atoms with Crippen LogP contribution < -0.4 is 10.1 Å². The van der Waals surface area contributed by atoms with Gasteiger partial charge in [-0.2, -0.15) is 0 Å². The summed E-state index contributed by atoms with van der Waals surface area (Å²) in [7, 11) is 0. The van der Waals surface area contributed by atoms with Gasteiger partial charge in [-0.3, -0.25) is 9.78 Å². The van der Waals surface area contributed by atoms with Crippen LogP contribution in [0.2, 0.25) is 0 Å². The number of aromatic nitrogens is 1. The zero-order valence-corrected chi connectivity index (χ0v) is 14.4. The smallest absolute Gasteiger partial charge is 0.261 e. The molecule has 5 nitrogen and oxygen atoms in total. The van der Waals surface area contributed by atoms with Crippen molar-refractivity contribution in [1.82, 2.24) is 15.2 Å². The third-order valence-corrected chi connectivity index (χ3v) is 4.47. The van der Waals surface area contributed by atoms with Crippen LogP contribution >= 0.6 is 0 Å². The number of benzene rings is 1. The van der Waals surface area contributed by atoms with E-state index in [-0.39, 0.29) is 18.6 Å². The lowest BCUT2D eigenvalue weighted by atomic mass is 10.1. The standard InChI is InChI=1S/C20H25N3O2/c24-20(16-25-19-9-2-1-3-10-19)23(15-17-7-4-5-13-22-17)18-8-6-12-21-14-11-18/h1-5,7,9-10,13,18,21H,6,8,11-12,14-16H2/t18-/m1/s1. The summed E-state index contributed by atoms with van der Waals surface area (Å²) in [6.45, 7) is 2.54. The van der Waals surface area contributed by atoms with Crippen molar-refractivity contribution in [1.29, 1.82) is 0 Å². The topological polar surface area (TPSA) is 54.5 Å². The van der Waals surface area contributed by atoms with Crippen LogP contribution in [0.25, 0.3) is 0 Å². The van der Waals surface area contributed by atoms with Gasteiger partial charge in [0.2, 0.25) is 0 Å². The molecule has 25 heavy (non-hydrogen) atoms. The van der Waals surface area contributed by atoms with Crippen LogP contribution in [0.5, 0.6) is 5.75 Å². The molecule has 132 valence electrons. The van der Waals surface area contributed by atoms with Crippen LogP contribution in [-0.4, -0.2) is 41.5 Å². The monoisotopic (exact) mass is 339 g/mol. The lowest BCUT2D eigenvalue weighted by molar-refractivity contribution is -0.136. The van der Waals surface area contributed by atoms with Gasteiger partial charge in [-0.1, -0.05) is 24.3 Å². The highest BCUT2D eigenvalue weighted by atomic mass is 16.5. The van der Waals surface area contributed by atoms with Gasteiger partial charge in [0.1, 0.15) is 5.75 Å². The Morgan fingerprint density at radius 3 is 2.76 bits per heavy atom. The van der Waals surface area contributed by atoms with Crippen LogP contribution in [0.15, 0.2) is 54.7 Å². The average molecular weight is 339 g/mol. The van der Waals surface area contributed by atoms with E-state index in [4.69, 9.17) is 4.74 Å². The van der Waals surface area contributed by atoms with E-state index >= 15 is 0 Å². The number of amides is 1. The highest BCUT2D eigenvalue weighted by molar-refractivity contribution is 5.78. The number of carbonyl (C=O) groups excluding carboxylic acids is 1.